The van der Waals surface area contributed by atoms with Crippen LogP contribution < -0.4 is 10.1 Å². The maximum atomic E-state index is 14.0. The summed E-state index contributed by atoms with van der Waals surface area (Å²) in [6, 6.07) is 16.1. The normalized spacial score (nSPS) is 22.7. The van der Waals surface area contributed by atoms with Gasteiger partial charge in [0.2, 0.25) is 5.91 Å². The van der Waals surface area contributed by atoms with Crippen LogP contribution in [0.5, 0.6) is 5.75 Å². The van der Waals surface area contributed by atoms with Crippen molar-refractivity contribution in [1.29, 1.82) is 0 Å². The number of benzene rings is 2. The summed E-state index contributed by atoms with van der Waals surface area (Å²) in [5, 5.41) is 12.2. The van der Waals surface area contributed by atoms with Gasteiger partial charge in [0.25, 0.3) is 0 Å². The SMILES string of the molecule is CC(Sc1nnc(COc2ccccc2F)n1-c1ccccc1)C(=O)NC(C)C1CC2CCC1C2. The number of hydrogen-bond acceptors (Lipinski definition) is 5. The lowest BCUT2D eigenvalue weighted by Gasteiger charge is -2.29. The van der Waals surface area contributed by atoms with E-state index in [9.17, 15) is 9.18 Å². The van der Waals surface area contributed by atoms with Gasteiger partial charge in [-0.05, 0) is 75.1 Å². The Morgan fingerprint density at radius 1 is 1.11 bits per heavy atom. The lowest BCUT2D eigenvalue weighted by molar-refractivity contribution is -0.121. The minimum absolute atomic E-state index is 0.0111. The van der Waals surface area contributed by atoms with Gasteiger partial charge in [0.1, 0.15) is 6.61 Å². The summed E-state index contributed by atoms with van der Waals surface area (Å²) in [7, 11) is 0. The van der Waals surface area contributed by atoms with Gasteiger partial charge in [0, 0.05) is 11.7 Å². The van der Waals surface area contributed by atoms with E-state index in [4.69, 9.17) is 4.74 Å². The van der Waals surface area contributed by atoms with Crippen LogP contribution in [0, 0.1) is 23.6 Å². The Balaban J connectivity index is 1.29. The standard InChI is InChI=1S/C27H31FN4O2S/c1-17(22-15-19-12-13-20(22)14-19)29-26(33)18(2)35-27-31-30-25(32(27)21-8-4-3-5-9-21)16-34-24-11-7-6-10-23(24)28/h3-11,17-20,22H,12-16H2,1-2H3,(H,29,33). The first-order chi connectivity index (χ1) is 17.0. The van der Waals surface area contributed by atoms with Crippen LogP contribution in [-0.2, 0) is 11.4 Å². The molecule has 8 heteroatoms. The Hall–Kier alpha value is -2.87. The third-order valence-corrected chi connectivity index (χ3v) is 8.41. The zero-order valence-corrected chi connectivity index (χ0v) is 20.9. The number of ether oxygens (including phenoxy) is 1. The van der Waals surface area contributed by atoms with Crippen LogP contribution >= 0.6 is 11.8 Å². The minimum Gasteiger partial charge on any atom is -0.483 e. The Labute approximate surface area is 209 Å². The third kappa shape index (κ3) is 5.22. The number of carbonyl (C=O) groups is 1. The lowest BCUT2D eigenvalue weighted by atomic mass is 9.84. The van der Waals surface area contributed by atoms with Crippen molar-refractivity contribution in [3.05, 3.63) is 66.2 Å². The summed E-state index contributed by atoms with van der Waals surface area (Å²) >= 11 is 1.37. The van der Waals surface area contributed by atoms with E-state index >= 15 is 0 Å². The summed E-state index contributed by atoms with van der Waals surface area (Å²) < 4.78 is 21.6. The first kappa shape index (κ1) is 23.9. The number of aromatic nitrogens is 3. The number of para-hydroxylation sites is 2. The summed E-state index contributed by atoms with van der Waals surface area (Å²) in [4.78, 5) is 13.1. The number of fused-ring (bicyclic) bond motifs is 2. The van der Waals surface area contributed by atoms with Gasteiger partial charge in [-0.3, -0.25) is 9.36 Å². The van der Waals surface area contributed by atoms with E-state index in [-0.39, 0.29) is 29.6 Å². The molecule has 1 amide bonds. The number of amides is 1. The number of halogens is 1. The monoisotopic (exact) mass is 494 g/mol. The van der Waals surface area contributed by atoms with Gasteiger partial charge in [-0.1, -0.05) is 48.5 Å². The van der Waals surface area contributed by atoms with Crippen LogP contribution in [0.2, 0.25) is 0 Å². The highest BCUT2D eigenvalue weighted by Crippen LogP contribution is 2.49. The molecule has 2 saturated carbocycles. The van der Waals surface area contributed by atoms with E-state index in [0.717, 1.165) is 17.5 Å². The second kappa shape index (κ2) is 10.4. The second-order valence-corrected chi connectivity index (χ2v) is 11.0. The van der Waals surface area contributed by atoms with Gasteiger partial charge >= 0.3 is 0 Å². The number of hydrogen-bond donors (Lipinski definition) is 1. The van der Waals surface area contributed by atoms with Crippen LogP contribution in [-0.4, -0.2) is 32.0 Å². The molecule has 1 N–H and O–H groups in total. The summed E-state index contributed by atoms with van der Waals surface area (Å²) in [6.45, 7) is 4.09. The molecule has 0 aliphatic heterocycles. The molecule has 6 nitrogen and oxygen atoms in total. The average Bonchev–Trinajstić information content (AvgIpc) is 3.60. The summed E-state index contributed by atoms with van der Waals surface area (Å²) in [6.07, 6.45) is 5.22. The zero-order chi connectivity index (χ0) is 24.4. The molecule has 1 aromatic heterocycles. The molecule has 2 fully saturated rings. The zero-order valence-electron chi connectivity index (χ0n) is 20.1. The van der Waals surface area contributed by atoms with Crippen molar-refractivity contribution in [3.8, 4) is 11.4 Å². The smallest absolute Gasteiger partial charge is 0.233 e. The van der Waals surface area contributed by atoms with Crippen molar-refractivity contribution >= 4 is 17.7 Å². The summed E-state index contributed by atoms with van der Waals surface area (Å²) in [5.41, 5.74) is 0.857. The summed E-state index contributed by atoms with van der Waals surface area (Å²) in [5.74, 6) is 2.48. The molecule has 3 aromatic rings. The fourth-order valence-electron chi connectivity index (χ4n) is 5.58. The molecule has 0 saturated heterocycles. The van der Waals surface area contributed by atoms with E-state index < -0.39 is 5.82 Å². The van der Waals surface area contributed by atoms with Crippen molar-refractivity contribution < 1.29 is 13.9 Å². The molecule has 2 aliphatic rings. The van der Waals surface area contributed by atoms with Crippen molar-refractivity contribution in [2.75, 3.05) is 0 Å². The molecular formula is C27H31FN4O2S. The van der Waals surface area contributed by atoms with E-state index in [1.165, 1.54) is 43.5 Å². The van der Waals surface area contributed by atoms with Gasteiger partial charge in [-0.2, -0.15) is 0 Å². The molecule has 5 atom stereocenters. The van der Waals surface area contributed by atoms with Gasteiger partial charge in [-0.25, -0.2) is 4.39 Å². The van der Waals surface area contributed by atoms with Crippen LogP contribution in [0.3, 0.4) is 0 Å². The van der Waals surface area contributed by atoms with Gasteiger partial charge in [0.15, 0.2) is 22.5 Å². The molecule has 0 radical (unpaired) electrons. The first-order valence-electron chi connectivity index (χ1n) is 12.3. The van der Waals surface area contributed by atoms with Crippen LogP contribution in [0.15, 0.2) is 59.8 Å². The van der Waals surface area contributed by atoms with E-state index in [2.05, 4.69) is 22.4 Å². The Morgan fingerprint density at radius 3 is 2.60 bits per heavy atom. The van der Waals surface area contributed by atoms with Crippen LogP contribution in [0.1, 0.15) is 45.4 Å². The molecule has 35 heavy (non-hydrogen) atoms. The maximum absolute atomic E-state index is 14.0. The molecule has 2 aromatic carbocycles. The lowest BCUT2D eigenvalue weighted by Crippen LogP contribution is -2.43. The highest BCUT2D eigenvalue weighted by Gasteiger charge is 2.42. The van der Waals surface area contributed by atoms with Crippen molar-refractivity contribution in [1.82, 2.24) is 20.1 Å². The number of nitrogens with one attached hydrogen (secondary N) is 1. The molecular weight excluding hydrogens is 463 g/mol. The molecule has 2 bridgehead atoms. The van der Waals surface area contributed by atoms with E-state index in [1.54, 1.807) is 18.2 Å². The minimum atomic E-state index is -0.428. The fourth-order valence-corrected chi connectivity index (χ4v) is 6.47. The second-order valence-electron chi connectivity index (χ2n) is 9.68. The first-order valence-corrected chi connectivity index (χ1v) is 13.2. The fraction of sp³-hybridized carbons (Fsp3) is 0.444. The van der Waals surface area contributed by atoms with Gasteiger partial charge in [-0.15, -0.1) is 10.2 Å². The quantitative estimate of drug-likeness (QED) is 0.403. The number of carbonyl (C=O) groups excluding carboxylic acids is 1. The molecule has 5 rings (SSSR count). The van der Waals surface area contributed by atoms with Crippen molar-refractivity contribution in [3.63, 3.8) is 0 Å². The molecule has 0 spiro atoms. The van der Waals surface area contributed by atoms with Gasteiger partial charge < -0.3 is 10.1 Å². The van der Waals surface area contributed by atoms with Crippen LogP contribution in [0.25, 0.3) is 5.69 Å². The van der Waals surface area contributed by atoms with Crippen molar-refractivity contribution in [2.24, 2.45) is 17.8 Å². The predicted molar refractivity (Wildman–Crippen MR) is 134 cm³/mol. The number of rotatable bonds is 9. The predicted octanol–water partition coefficient (Wildman–Crippen LogP) is 5.41. The average molecular weight is 495 g/mol. The topological polar surface area (TPSA) is 69.0 Å². The molecule has 2 aliphatic carbocycles. The van der Waals surface area contributed by atoms with E-state index in [0.29, 0.717) is 16.9 Å². The van der Waals surface area contributed by atoms with E-state index in [1.807, 2.05) is 41.8 Å². The Kier molecular flexibility index (Phi) is 7.09. The molecule has 1 heterocycles. The largest absolute Gasteiger partial charge is 0.483 e. The maximum Gasteiger partial charge on any atom is 0.233 e. The third-order valence-electron chi connectivity index (χ3n) is 7.36. The highest BCUT2D eigenvalue weighted by atomic mass is 32.2. The van der Waals surface area contributed by atoms with Crippen LogP contribution in [0.4, 0.5) is 4.39 Å². The van der Waals surface area contributed by atoms with Gasteiger partial charge in [0.05, 0.1) is 5.25 Å². The molecule has 184 valence electrons. The Morgan fingerprint density at radius 2 is 1.89 bits per heavy atom. The highest BCUT2D eigenvalue weighted by molar-refractivity contribution is 8.00. The molecule has 5 unspecified atom stereocenters. The number of nitrogens with zero attached hydrogens (tertiary/aromatic N) is 3. The Bertz CT molecular complexity index is 1170. The van der Waals surface area contributed by atoms with Crippen molar-refractivity contribution in [2.45, 2.75) is 62.6 Å². The number of thioether (sulfide) groups is 1.